The van der Waals surface area contributed by atoms with E-state index in [9.17, 15) is 4.79 Å². The first-order valence-corrected chi connectivity index (χ1v) is 3.07. The first kappa shape index (κ1) is 8.47. The maximum absolute atomic E-state index is 9.84. The van der Waals surface area contributed by atoms with Gasteiger partial charge in [-0.1, -0.05) is 20.8 Å². The van der Waals surface area contributed by atoms with Crippen LogP contribution in [0.5, 0.6) is 0 Å². The molecule has 0 amide bonds. The summed E-state index contributed by atoms with van der Waals surface area (Å²) >= 11 is 0. The number of hydrogen-bond acceptors (Lipinski definition) is 2. The van der Waals surface area contributed by atoms with Crippen molar-refractivity contribution in [2.45, 2.75) is 33.8 Å². The van der Waals surface area contributed by atoms with Crippen LogP contribution in [0, 0.1) is 5.41 Å². The molecule has 0 saturated heterocycles. The van der Waals surface area contributed by atoms with E-state index >= 15 is 0 Å². The normalized spacial score (nSPS) is 14.7. The lowest BCUT2D eigenvalue weighted by Crippen LogP contribution is -2.25. The number of ether oxygens (including phenoxy) is 1. The lowest BCUT2D eigenvalue weighted by atomic mass is 9.90. The Hall–Kier alpha value is -0.530. The summed E-state index contributed by atoms with van der Waals surface area (Å²) < 4.78 is 4.73. The van der Waals surface area contributed by atoms with Gasteiger partial charge in [-0.15, -0.1) is 0 Å². The van der Waals surface area contributed by atoms with Gasteiger partial charge in [0.15, 0.2) is 0 Å². The minimum Gasteiger partial charge on any atom is -0.464 e. The van der Waals surface area contributed by atoms with Gasteiger partial charge in [-0.3, -0.25) is 4.79 Å². The van der Waals surface area contributed by atoms with Crippen molar-refractivity contribution in [2.24, 2.45) is 5.41 Å². The number of rotatable bonds is 2. The highest BCUT2D eigenvalue weighted by atomic mass is 16.5. The fourth-order valence-corrected chi connectivity index (χ4v) is 0.287. The molecule has 1 unspecified atom stereocenters. The van der Waals surface area contributed by atoms with E-state index in [2.05, 4.69) is 0 Å². The van der Waals surface area contributed by atoms with Crippen LogP contribution in [-0.4, -0.2) is 12.6 Å². The van der Waals surface area contributed by atoms with Gasteiger partial charge in [0.1, 0.15) is 6.10 Å². The summed E-state index contributed by atoms with van der Waals surface area (Å²) in [6, 6.07) is 0. The molecule has 0 aliphatic rings. The zero-order valence-corrected chi connectivity index (χ0v) is 6.47. The molecule has 9 heavy (non-hydrogen) atoms. The van der Waals surface area contributed by atoms with Gasteiger partial charge in [0, 0.05) is 0 Å². The van der Waals surface area contributed by atoms with Crippen LogP contribution in [0.2, 0.25) is 0 Å². The van der Waals surface area contributed by atoms with Gasteiger partial charge in [0.2, 0.25) is 0 Å². The van der Waals surface area contributed by atoms with E-state index in [-0.39, 0.29) is 11.5 Å². The number of hydrogen-bond donors (Lipinski definition) is 0. The molecule has 0 radical (unpaired) electrons. The van der Waals surface area contributed by atoms with E-state index in [0.29, 0.717) is 6.47 Å². The van der Waals surface area contributed by atoms with E-state index in [1.54, 1.807) is 0 Å². The molecule has 2 nitrogen and oxygen atoms in total. The molecule has 54 valence electrons. The Bertz CT molecular complexity index is 91.6. The fraction of sp³-hybridized carbons (Fsp3) is 0.857. The zero-order valence-electron chi connectivity index (χ0n) is 6.47. The van der Waals surface area contributed by atoms with Crippen molar-refractivity contribution < 1.29 is 9.53 Å². The molecule has 0 aliphatic heterocycles. The molecule has 0 fully saturated rings. The van der Waals surface area contributed by atoms with Gasteiger partial charge >= 0.3 is 0 Å². The van der Waals surface area contributed by atoms with Crippen LogP contribution in [0.3, 0.4) is 0 Å². The van der Waals surface area contributed by atoms with Gasteiger partial charge < -0.3 is 4.74 Å². The maximum Gasteiger partial charge on any atom is 0.293 e. The van der Waals surface area contributed by atoms with E-state index < -0.39 is 0 Å². The first-order valence-electron chi connectivity index (χ1n) is 3.07. The van der Waals surface area contributed by atoms with Gasteiger partial charge in [-0.2, -0.15) is 0 Å². The Kier molecular flexibility index (Phi) is 2.68. The van der Waals surface area contributed by atoms with Crippen LogP contribution in [0.15, 0.2) is 0 Å². The van der Waals surface area contributed by atoms with Crippen LogP contribution in [0.25, 0.3) is 0 Å². The molecule has 0 bridgehead atoms. The van der Waals surface area contributed by atoms with Crippen LogP contribution >= 0.6 is 0 Å². The quantitative estimate of drug-likeness (QED) is 0.530. The van der Waals surface area contributed by atoms with E-state index in [1.807, 2.05) is 27.7 Å². The third kappa shape index (κ3) is 3.12. The van der Waals surface area contributed by atoms with Gasteiger partial charge in [-0.25, -0.2) is 0 Å². The zero-order chi connectivity index (χ0) is 7.49. The van der Waals surface area contributed by atoms with Crippen molar-refractivity contribution in [1.29, 1.82) is 0 Å². The van der Waals surface area contributed by atoms with E-state index in [0.717, 1.165) is 0 Å². The van der Waals surface area contributed by atoms with Crippen molar-refractivity contribution in [3.8, 4) is 0 Å². The number of carbonyl (C=O) groups excluding carboxylic acids is 1. The molecule has 2 heteroatoms. The van der Waals surface area contributed by atoms with Crippen LogP contribution in [-0.2, 0) is 9.53 Å². The van der Waals surface area contributed by atoms with Crippen LogP contribution in [0.4, 0.5) is 0 Å². The second-order valence-corrected chi connectivity index (χ2v) is 3.24. The largest absolute Gasteiger partial charge is 0.464 e. The van der Waals surface area contributed by atoms with Crippen molar-refractivity contribution >= 4 is 6.47 Å². The molecule has 0 saturated carbocycles. The van der Waals surface area contributed by atoms with E-state index in [4.69, 9.17) is 4.74 Å². The van der Waals surface area contributed by atoms with Crippen molar-refractivity contribution in [3.63, 3.8) is 0 Å². The minimum atomic E-state index is -0.00463. The smallest absolute Gasteiger partial charge is 0.293 e. The maximum atomic E-state index is 9.84. The lowest BCUT2D eigenvalue weighted by molar-refractivity contribution is -0.137. The lowest BCUT2D eigenvalue weighted by Gasteiger charge is -2.24. The van der Waals surface area contributed by atoms with Crippen LogP contribution < -0.4 is 0 Å². The predicted molar refractivity (Wildman–Crippen MR) is 36.1 cm³/mol. The Morgan fingerprint density at radius 3 is 2.00 bits per heavy atom. The summed E-state index contributed by atoms with van der Waals surface area (Å²) in [6.45, 7) is 8.47. The van der Waals surface area contributed by atoms with Crippen molar-refractivity contribution in [2.75, 3.05) is 0 Å². The average Bonchev–Trinajstić information content (AvgIpc) is 1.64. The molecule has 0 N–H and O–H groups in total. The van der Waals surface area contributed by atoms with Crippen molar-refractivity contribution in [1.82, 2.24) is 0 Å². The molecule has 1 atom stereocenters. The van der Waals surface area contributed by atoms with Crippen molar-refractivity contribution in [3.05, 3.63) is 0 Å². The Balaban J connectivity index is 3.72. The predicted octanol–water partition coefficient (Wildman–Crippen LogP) is 1.59. The van der Waals surface area contributed by atoms with E-state index in [1.165, 1.54) is 0 Å². The molecule has 0 spiro atoms. The summed E-state index contributed by atoms with van der Waals surface area (Å²) in [4.78, 5) is 9.84. The van der Waals surface area contributed by atoms with Gasteiger partial charge in [0.05, 0.1) is 0 Å². The molecule has 0 aromatic carbocycles. The standard InChI is InChI=1S/C7H14O2/c1-6(9-5-8)7(2,3)4/h5-6H,1-4H3. The Morgan fingerprint density at radius 2 is 1.89 bits per heavy atom. The summed E-state index contributed by atoms with van der Waals surface area (Å²) in [5, 5.41) is 0. The second kappa shape index (κ2) is 2.85. The van der Waals surface area contributed by atoms with Crippen LogP contribution in [0.1, 0.15) is 27.7 Å². The summed E-state index contributed by atoms with van der Waals surface area (Å²) in [5.41, 5.74) is 0.0565. The second-order valence-electron chi connectivity index (χ2n) is 3.24. The Labute approximate surface area is 56.2 Å². The van der Waals surface area contributed by atoms with Gasteiger partial charge in [0.25, 0.3) is 6.47 Å². The molecule has 0 aromatic heterocycles. The first-order chi connectivity index (χ1) is 3.98. The minimum absolute atomic E-state index is 0.00463. The highest BCUT2D eigenvalue weighted by Gasteiger charge is 2.20. The molecular formula is C7H14O2. The average molecular weight is 130 g/mol. The summed E-state index contributed by atoms with van der Waals surface area (Å²) in [7, 11) is 0. The molecule has 0 heterocycles. The number of carbonyl (C=O) groups is 1. The summed E-state index contributed by atoms with van der Waals surface area (Å²) in [6.07, 6.45) is -0.00463. The van der Waals surface area contributed by atoms with Gasteiger partial charge in [-0.05, 0) is 12.3 Å². The SMILES string of the molecule is CC(OC=O)C(C)(C)C. The fourth-order valence-electron chi connectivity index (χ4n) is 0.287. The summed E-state index contributed by atoms with van der Waals surface area (Å²) in [5.74, 6) is 0. The highest BCUT2D eigenvalue weighted by molar-refractivity contribution is 5.37. The molecular weight excluding hydrogens is 116 g/mol. The Morgan fingerprint density at radius 1 is 1.44 bits per heavy atom. The monoisotopic (exact) mass is 130 g/mol. The highest BCUT2D eigenvalue weighted by Crippen LogP contribution is 2.20. The molecule has 0 aliphatic carbocycles. The molecule has 0 aromatic rings. The molecule has 0 rings (SSSR count). The third-order valence-corrected chi connectivity index (χ3v) is 1.48. The topological polar surface area (TPSA) is 26.3 Å². The third-order valence-electron chi connectivity index (χ3n) is 1.48.